The molecule has 0 aromatic carbocycles. The number of hydrogen-bond acceptors (Lipinski definition) is 3. The maximum atomic E-state index is 11.5. The minimum absolute atomic E-state index is 0.163. The van der Waals surface area contributed by atoms with E-state index in [0.29, 0.717) is 17.9 Å². The van der Waals surface area contributed by atoms with Gasteiger partial charge in [-0.25, -0.2) is 0 Å². The van der Waals surface area contributed by atoms with E-state index in [1.165, 1.54) is 90.4 Å². The van der Waals surface area contributed by atoms with E-state index in [1.807, 2.05) is 0 Å². The molecular formula is C27H42N2O. The van der Waals surface area contributed by atoms with E-state index in [4.69, 9.17) is 0 Å². The van der Waals surface area contributed by atoms with Crippen LogP contribution in [0.4, 0.5) is 0 Å². The van der Waals surface area contributed by atoms with Crippen LogP contribution in [0.15, 0.2) is 36.0 Å². The molecule has 30 heavy (non-hydrogen) atoms. The molecule has 1 spiro atoms. The molecule has 0 aromatic rings. The Kier molecular flexibility index (Phi) is 6.50. The molecule has 1 N–H and O–H groups in total. The summed E-state index contributed by atoms with van der Waals surface area (Å²) in [6, 6.07) is 0.532. The number of hydrogen-bond donors (Lipinski definition) is 1. The maximum absolute atomic E-state index is 11.5. The van der Waals surface area contributed by atoms with Gasteiger partial charge in [0.1, 0.15) is 0 Å². The average molecular weight is 411 g/mol. The van der Waals surface area contributed by atoms with Crippen molar-refractivity contribution in [3.63, 3.8) is 0 Å². The number of rotatable bonds is 0. The predicted molar refractivity (Wildman–Crippen MR) is 124 cm³/mol. The summed E-state index contributed by atoms with van der Waals surface area (Å²) in [6.45, 7) is 5.68. The smallest absolute Gasteiger partial charge is 0.0707 e. The molecule has 6 rings (SSSR count). The Morgan fingerprint density at radius 1 is 0.833 bits per heavy atom. The molecule has 3 heteroatoms. The minimum atomic E-state index is -0.163. The normalized spacial score (nSPS) is 46.9. The molecule has 5 heterocycles. The Morgan fingerprint density at radius 3 is 2.53 bits per heavy atom. The predicted octanol–water partition coefficient (Wildman–Crippen LogP) is 4.94. The Balaban J connectivity index is 1.55. The fraction of sp³-hybridized carbons (Fsp3) is 0.778. The van der Waals surface area contributed by atoms with E-state index in [-0.39, 0.29) is 11.5 Å². The lowest BCUT2D eigenvalue weighted by molar-refractivity contribution is -0.159. The van der Waals surface area contributed by atoms with Gasteiger partial charge in [-0.1, -0.05) is 48.8 Å². The topological polar surface area (TPSA) is 26.7 Å². The van der Waals surface area contributed by atoms with Gasteiger partial charge in [0.15, 0.2) is 0 Å². The van der Waals surface area contributed by atoms with Gasteiger partial charge in [-0.2, -0.15) is 0 Å². The molecule has 166 valence electrons. The highest BCUT2D eigenvalue weighted by Crippen LogP contribution is 2.57. The largest absolute Gasteiger partial charge is 0.391 e. The van der Waals surface area contributed by atoms with Gasteiger partial charge in [0, 0.05) is 37.0 Å². The molecule has 0 amide bonds. The van der Waals surface area contributed by atoms with Gasteiger partial charge < -0.3 is 10.0 Å². The summed E-state index contributed by atoms with van der Waals surface area (Å²) in [5.41, 5.74) is 1.89. The van der Waals surface area contributed by atoms with Crippen LogP contribution >= 0.6 is 0 Å². The van der Waals surface area contributed by atoms with E-state index < -0.39 is 0 Å². The van der Waals surface area contributed by atoms with Crippen LogP contribution in [0.1, 0.15) is 70.6 Å². The minimum Gasteiger partial charge on any atom is -0.391 e. The molecule has 0 radical (unpaired) electrons. The van der Waals surface area contributed by atoms with Gasteiger partial charge in [-0.15, -0.1) is 0 Å². The van der Waals surface area contributed by atoms with Crippen molar-refractivity contribution in [3.8, 4) is 0 Å². The first-order valence-electron chi connectivity index (χ1n) is 12.9. The van der Waals surface area contributed by atoms with Crippen molar-refractivity contribution >= 4 is 0 Å². The van der Waals surface area contributed by atoms with Crippen LogP contribution in [0.25, 0.3) is 0 Å². The Labute approximate surface area is 183 Å². The molecule has 6 unspecified atom stereocenters. The number of aliphatic hydroxyl groups excluding tert-OH is 1. The lowest BCUT2D eigenvalue weighted by Gasteiger charge is -2.65. The molecule has 3 nitrogen and oxygen atoms in total. The van der Waals surface area contributed by atoms with Crippen LogP contribution in [0.2, 0.25) is 0 Å². The fourth-order valence-corrected chi connectivity index (χ4v) is 7.71. The van der Waals surface area contributed by atoms with Crippen LogP contribution < -0.4 is 0 Å². The number of nitrogens with zero attached hydrogens (tertiary/aromatic N) is 2. The second-order valence-corrected chi connectivity index (χ2v) is 10.7. The molecule has 2 saturated heterocycles. The van der Waals surface area contributed by atoms with Gasteiger partial charge in [-0.05, 0) is 76.8 Å². The second-order valence-electron chi connectivity index (χ2n) is 10.7. The van der Waals surface area contributed by atoms with Crippen LogP contribution in [-0.4, -0.2) is 59.8 Å². The molecule has 1 aliphatic carbocycles. The molecule has 2 fully saturated rings. The average Bonchev–Trinajstić information content (AvgIpc) is 2.75. The van der Waals surface area contributed by atoms with Crippen molar-refractivity contribution < 1.29 is 5.11 Å². The zero-order valence-electron chi connectivity index (χ0n) is 18.9. The highest BCUT2D eigenvalue weighted by Gasteiger charge is 2.61. The third-order valence-electron chi connectivity index (χ3n) is 8.76. The van der Waals surface area contributed by atoms with Crippen LogP contribution in [0, 0.1) is 17.3 Å². The number of aliphatic hydroxyl groups is 1. The Hall–Kier alpha value is -0.900. The van der Waals surface area contributed by atoms with Crippen LogP contribution in [-0.2, 0) is 0 Å². The number of piperidine rings is 2. The highest BCUT2D eigenvalue weighted by molar-refractivity contribution is 5.32. The van der Waals surface area contributed by atoms with Gasteiger partial charge in [0.05, 0.1) is 6.10 Å². The summed E-state index contributed by atoms with van der Waals surface area (Å²) in [5, 5.41) is 11.5. The van der Waals surface area contributed by atoms with E-state index in [2.05, 4.69) is 40.2 Å². The SMILES string of the molecule is O[C@@H]1CN2CCCCCC/C=C\CC3=CC4CN5CCCC/C=C\CCC(C2)(C41)C35. The van der Waals surface area contributed by atoms with Crippen molar-refractivity contribution in [3.05, 3.63) is 36.0 Å². The Bertz CT molecular complexity index is 682. The molecule has 0 aromatic heterocycles. The molecule has 7 atom stereocenters. The van der Waals surface area contributed by atoms with Crippen LogP contribution in [0.3, 0.4) is 0 Å². The summed E-state index contributed by atoms with van der Waals surface area (Å²) in [6.07, 6.45) is 26.2. The van der Waals surface area contributed by atoms with Gasteiger partial charge >= 0.3 is 0 Å². The molecule has 6 aliphatic rings. The summed E-state index contributed by atoms with van der Waals surface area (Å²) in [7, 11) is 0. The first-order chi connectivity index (χ1) is 14.8. The lowest BCUT2D eigenvalue weighted by atomic mass is 9.51. The monoisotopic (exact) mass is 410 g/mol. The first kappa shape index (κ1) is 21.0. The van der Waals surface area contributed by atoms with Crippen molar-refractivity contribution in [2.45, 2.75) is 82.8 Å². The summed E-state index contributed by atoms with van der Waals surface area (Å²) in [4.78, 5) is 5.51. The molecule has 0 saturated carbocycles. The number of fused-ring (bicyclic) bond motifs is 1. The van der Waals surface area contributed by atoms with Crippen molar-refractivity contribution in [2.75, 3.05) is 32.7 Å². The van der Waals surface area contributed by atoms with Crippen molar-refractivity contribution in [1.82, 2.24) is 9.80 Å². The van der Waals surface area contributed by atoms with E-state index >= 15 is 0 Å². The zero-order chi connectivity index (χ0) is 20.4. The number of allylic oxidation sites excluding steroid dienone is 4. The van der Waals surface area contributed by atoms with Gasteiger partial charge in [0.25, 0.3) is 0 Å². The molecular weight excluding hydrogens is 368 g/mol. The van der Waals surface area contributed by atoms with E-state index in [1.54, 1.807) is 5.57 Å². The second kappa shape index (κ2) is 9.30. The van der Waals surface area contributed by atoms with E-state index in [9.17, 15) is 5.11 Å². The van der Waals surface area contributed by atoms with Crippen molar-refractivity contribution in [1.29, 1.82) is 0 Å². The van der Waals surface area contributed by atoms with E-state index in [0.717, 1.165) is 13.0 Å². The quantitative estimate of drug-likeness (QED) is 0.573. The van der Waals surface area contributed by atoms with Crippen molar-refractivity contribution in [2.24, 2.45) is 17.3 Å². The zero-order valence-corrected chi connectivity index (χ0v) is 18.9. The van der Waals surface area contributed by atoms with Gasteiger partial charge in [0.2, 0.25) is 0 Å². The Morgan fingerprint density at radius 2 is 1.60 bits per heavy atom. The summed E-state index contributed by atoms with van der Waals surface area (Å²) < 4.78 is 0. The van der Waals surface area contributed by atoms with Gasteiger partial charge in [-0.3, -0.25) is 4.90 Å². The molecule has 5 aliphatic heterocycles. The summed E-state index contributed by atoms with van der Waals surface area (Å²) >= 11 is 0. The highest BCUT2D eigenvalue weighted by atomic mass is 16.3. The molecule has 6 bridgehead atoms. The maximum Gasteiger partial charge on any atom is 0.0707 e. The third kappa shape index (κ3) is 3.98. The first-order valence-corrected chi connectivity index (χ1v) is 12.9. The standard InChI is InChI=1S/C27H42N2O/c30-24-20-28-16-12-8-4-1-2-6-10-14-22-18-23-19-29-17-13-9-5-3-7-11-15-27(21-28,25(23)24)26(22)29/h3,6-7,10,18,23-26,30H,1-2,4-5,8-9,11-17,19-21H2/b7-3-,10-6-/t23?,24-,25?,26?,27?/m1/s1. The summed E-state index contributed by atoms with van der Waals surface area (Å²) in [5.74, 6) is 0.984. The third-order valence-corrected chi connectivity index (χ3v) is 8.76. The fourth-order valence-electron chi connectivity index (χ4n) is 7.71. The van der Waals surface area contributed by atoms with Crippen LogP contribution in [0.5, 0.6) is 0 Å². The lowest BCUT2D eigenvalue weighted by Crippen LogP contribution is -2.72.